The molecule has 0 fully saturated rings. The lowest BCUT2D eigenvalue weighted by Crippen LogP contribution is -2.20. The summed E-state index contributed by atoms with van der Waals surface area (Å²) < 4.78 is 38.9. The largest absolute Gasteiger partial charge is 0.435 e. The first-order valence-corrected chi connectivity index (χ1v) is 4.70. The van der Waals surface area contributed by atoms with E-state index in [1.54, 1.807) is 6.07 Å². The summed E-state index contributed by atoms with van der Waals surface area (Å²) in [4.78, 5) is 0. The third-order valence-electron chi connectivity index (χ3n) is 2.15. The van der Waals surface area contributed by atoms with Crippen LogP contribution >= 0.6 is 11.6 Å². The van der Waals surface area contributed by atoms with E-state index < -0.39 is 17.3 Å². The molecule has 3 nitrogen and oxygen atoms in total. The van der Waals surface area contributed by atoms with E-state index in [1.807, 2.05) is 0 Å². The third kappa shape index (κ3) is 2.00. The van der Waals surface area contributed by atoms with Crippen molar-refractivity contribution in [2.24, 2.45) is 7.05 Å². The minimum atomic E-state index is -4.62. The molecular formula is C9H9ClF3N3. The molecular weight excluding hydrogens is 243 g/mol. The van der Waals surface area contributed by atoms with Crippen molar-refractivity contribution in [1.29, 1.82) is 5.26 Å². The fourth-order valence-corrected chi connectivity index (χ4v) is 1.68. The van der Waals surface area contributed by atoms with Crippen LogP contribution in [0.15, 0.2) is 0 Å². The van der Waals surface area contributed by atoms with Gasteiger partial charge in [-0.3, -0.25) is 4.68 Å². The van der Waals surface area contributed by atoms with Crippen LogP contribution in [0.3, 0.4) is 0 Å². The van der Waals surface area contributed by atoms with Crippen molar-refractivity contribution in [1.82, 2.24) is 9.78 Å². The zero-order chi connectivity index (χ0) is 12.7. The van der Waals surface area contributed by atoms with Gasteiger partial charge in [-0.05, 0) is 13.8 Å². The predicted molar refractivity (Wildman–Crippen MR) is 51.9 cm³/mol. The van der Waals surface area contributed by atoms with E-state index >= 15 is 0 Å². The Morgan fingerprint density at radius 3 is 2.25 bits per heavy atom. The summed E-state index contributed by atoms with van der Waals surface area (Å²) in [6.45, 7) is 2.73. The number of aromatic nitrogens is 2. The van der Waals surface area contributed by atoms with Crippen LogP contribution in [0.4, 0.5) is 13.2 Å². The number of aryl methyl sites for hydroxylation is 1. The second kappa shape index (κ2) is 3.67. The molecule has 1 heterocycles. The molecule has 1 aromatic rings. The van der Waals surface area contributed by atoms with Gasteiger partial charge in [-0.15, -0.1) is 0 Å². The molecule has 0 bridgehead atoms. The Balaban J connectivity index is 3.56. The second-order valence-corrected chi connectivity index (χ2v) is 4.23. The third-order valence-corrected chi connectivity index (χ3v) is 2.58. The molecule has 0 aromatic carbocycles. The summed E-state index contributed by atoms with van der Waals surface area (Å²) in [6.07, 6.45) is -4.62. The molecule has 0 saturated carbocycles. The van der Waals surface area contributed by atoms with Gasteiger partial charge >= 0.3 is 6.18 Å². The van der Waals surface area contributed by atoms with Gasteiger partial charge in [-0.1, -0.05) is 11.6 Å². The van der Waals surface area contributed by atoms with Gasteiger partial charge in [0.15, 0.2) is 5.69 Å². The number of nitrogens with zero attached hydrogens (tertiary/aromatic N) is 3. The quantitative estimate of drug-likeness (QED) is 0.770. The predicted octanol–water partition coefficient (Wildman–Crippen LogP) is 2.89. The molecule has 0 aliphatic heterocycles. The van der Waals surface area contributed by atoms with Gasteiger partial charge in [0, 0.05) is 12.6 Å². The van der Waals surface area contributed by atoms with E-state index in [0.29, 0.717) is 0 Å². The fraction of sp³-hybridized carbons (Fsp3) is 0.556. The molecule has 0 aliphatic rings. The molecule has 7 heteroatoms. The average molecular weight is 252 g/mol. The van der Waals surface area contributed by atoms with Crippen LogP contribution in [0.2, 0.25) is 5.15 Å². The number of hydrogen-bond acceptors (Lipinski definition) is 2. The smallest absolute Gasteiger partial charge is 0.256 e. The van der Waals surface area contributed by atoms with Crippen LogP contribution in [-0.2, 0) is 18.6 Å². The molecule has 0 spiro atoms. The van der Waals surface area contributed by atoms with Gasteiger partial charge in [-0.2, -0.15) is 23.5 Å². The maximum Gasteiger partial charge on any atom is 0.435 e. The van der Waals surface area contributed by atoms with Crippen molar-refractivity contribution >= 4 is 11.6 Å². The standard InChI is InChI=1S/C9H9ClF3N3/c1-8(2,4-14)5-6(9(11,12)13)15-16(3)7(5)10/h1-3H3. The summed E-state index contributed by atoms with van der Waals surface area (Å²) in [6, 6.07) is 1.79. The Hall–Kier alpha value is -1.22. The second-order valence-electron chi connectivity index (χ2n) is 3.87. The first-order chi connectivity index (χ1) is 7.11. The Bertz CT molecular complexity index is 454. The van der Waals surface area contributed by atoms with Gasteiger partial charge in [0.25, 0.3) is 0 Å². The summed E-state index contributed by atoms with van der Waals surface area (Å²) in [5.74, 6) is 0. The molecule has 0 unspecified atom stereocenters. The van der Waals surface area contributed by atoms with Gasteiger partial charge in [-0.25, -0.2) is 0 Å². The van der Waals surface area contributed by atoms with Crippen molar-refractivity contribution in [3.05, 3.63) is 16.4 Å². The minimum absolute atomic E-state index is 0.168. The summed E-state index contributed by atoms with van der Waals surface area (Å²) in [5, 5.41) is 12.0. The average Bonchev–Trinajstić information content (AvgIpc) is 2.43. The van der Waals surface area contributed by atoms with Crippen molar-refractivity contribution in [3.8, 4) is 6.07 Å². The highest BCUT2D eigenvalue weighted by atomic mass is 35.5. The topological polar surface area (TPSA) is 41.6 Å². The highest BCUT2D eigenvalue weighted by Crippen LogP contribution is 2.40. The van der Waals surface area contributed by atoms with E-state index in [0.717, 1.165) is 4.68 Å². The maximum absolute atomic E-state index is 12.7. The molecule has 16 heavy (non-hydrogen) atoms. The number of halogens is 4. The van der Waals surface area contributed by atoms with Gasteiger partial charge in [0.05, 0.1) is 11.5 Å². The zero-order valence-corrected chi connectivity index (χ0v) is 9.61. The normalized spacial score (nSPS) is 12.6. The van der Waals surface area contributed by atoms with Crippen LogP contribution in [0.25, 0.3) is 0 Å². The molecule has 88 valence electrons. The highest BCUT2D eigenvalue weighted by molar-refractivity contribution is 6.30. The Kier molecular flexibility index (Phi) is 2.94. The summed E-state index contributed by atoms with van der Waals surface area (Å²) >= 11 is 5.73. The van der Waals surface area contributed by atoms with Crippen LogP contribution in [0.5, 0.6) is 0 Å². The number of hydrogen-bond donors (Lipinski definition) is 0. The molecule has 0 radical (unpaired) electrons. The molecule has 1 rings (SSSR count). The van der Waals surface area contributed by atoms with Crippen molar-refractivity contribution in [3.63, 3.8) is 0 Å². The van der Waals surface area contributed by atoms with Gasteiger partial charge < -0.3 is 0 Å². The Labute approximate surface area is 95.4 Å². The number of nitriles is 1. The Morgan fingerprint density at radius 1 is 1.38 bits per heavy atom. The first-order valence-electron chi connectivity index (χ1n) is 4.32. The molecule has 0 atom stereocenters. The summed E-state index contributed by atoms with van der Waals surface area (Å²) in [7, 11) is 1.30. The minimum Gasteiger partial charge on any atom is -0.256 e. The zero-order valence-electron chi connectivity index (χ0n) is 8.85. The molecule has 0 aliphatic carbocycles. The molecule has 0 amide bonds. The van der Waals surface area contributed by atoms with E-state index in [-0.39, 0.29) is 10.7 Å². The van der Waals surface area contributed by atoms with Gasteiger partial charge in [0.2, 0.25) is 0 Å². The SMILES string of the molecule is Cn1nc(C(F)(F)F)c(C(C)(C)C#N)c1Cl. The van der Waals surface area contributed by atoms with Crippen LogP contribution in [0.1, 0.15) is 25.1 Å². The molecule has 0 saturated heterocycles. The van der Waals surface area contributed by atoms with Crippen LogP contribution in [-0.4, -0.2) is 9.78 Å². The lowest BCUT2D eigenvalue weighted by atomic mass is 9.86. The molecule has 1 aromatic heterocycles. The van der Waals surface area contributed by atoms with E-state index in [4.69, 9.17) is 16.9 Å². The molecule has 0 N–H and O–H groups in total. The van der Waals surface area contributed by atoms with Crippen molar-refractivity contribution in [2.75, 3.05) is 0 Å². The monoisotopic (exact) mass is 251 g/mol. The summed E-state index contributed by atoms with van der Waals surface area (Å²) in [5.41, 5.74) is -2.73. The highest BCUT2D eigenvalue weighted by Gasteiger charge is 2.43. The van der Waals surface area contributed by atoms with E-state index in [9.17, 15) is 13.2 Å². The Morgan fingerprint density at radius 2 is 1.88 bits per heavy atom. The van der Waals surface area contributed by atoms with Crippen LogP contribution < -0.4 is 0 Å². The maximum atomic E-state index is 12.7. The number of alkyl halides is 3. The van der Waals surface area contributed by atoms with Crippen molar-refractivity contribution in [2.45, 2.75) is 25.4 Å². The fourth-order valence-electron chi connectivity index (χ4n) is 1.31. The van der Waals surface area contributed by atoms with Crippen molar-refractivity contribution < 1.29 is 13.2 Å². The van der Waals surface area contributed by atoms with E-state index in [2.05, 4.69) is 5.10 Å². The van der Waals surface area contributed by atoms with Crippen LogP contribution in [0, 0.1) is 11.3 Å². The first kappa shape index (κ1) is 12.8. The van der Waals surface area contributed by atoms with Gasteiger partial charge in [0.1, 0.15) is 5.15 Å². The number of rotatable bonds is 1. The lowest BCUT2D eigenvalue weighted by molar-refractivity contribution is -0.142. The lowest BCUT2D eigenvalue weighted by Gasteiger charge is -2.17. The van der Waals surface area contributed by atoms with E-state index in [1.165, 1.54) is 20.9 Å².